The number of nitrogens with zero attached hydrogens (tertiary/aromatic N) is 3. The van der Waals surface area contributed by atoms with Gasteiger partial charge in [0.15, 0.2) is 5.69 Å². The number of hydrogen-bond acceptors (Lipinski definition) is 5. The molecule has 1 aromatic heterocycles. The van der Waals surface area contributed by atoms with Crippen LogP contribution in [0, 0.1) is 0 Å². The highest BCUT2D eigenvalue weighted by Crippen LogP contribution is 2.16. The van der Waals surface area contributed by atoms with Crippen molar-refractivity contribution in [3.8, 4) is 0 Å². The highest BCUT2D eigenvalue weighted by atomic mass is 16.4. The second-order valence-corrected chi connectivity index (χ2v) is 3.54. The van der Waals surface area contributed by atoms with Crippen molar-refractivity contribution < 1.29 is 10.0 Å². The molecule has 0 bridgehead atoms. The Bertz CT molecular complexity index is 577. The van der Waals surface area contributed by atoms with E-state index < -0.39 is 0 Å². The molecule has 2 aromatic rings. The monoisotopic (exact) mass is 245 g/mol. The minimum atomic E-state index is -0.387. The Morgan fingerprint density at radius 1 is 1.44 bits per heavy atom. The Morgan fingerprint density at radius 2 is 2.22 bits per heavy atom. The van der Waals surface area contributed by atoms with Crippen LogP contribution in [0.3, 0.4) is 0 Å². The summed E-state index contributed by atoms with van der Waals surface area (Å²) in [5.41, 5.74) is 1.77. The van der Waals surface area contributed by atoms with Crippen molar-refractivity contribution in [1.82, 2.24) is 15.4 Å². The summed E-state index contributed by atoms with van der Waals surface area (Å²) in [7, 11) is 0. The fourth-order valence-electron chi connectivity index (χ4n) is 1.46. The second kappa shape index (κ2) is 5.09. The minimum Gasteiger partial charge on any atom is -0.411 e. The zero-order chi connectivity index (χ0) is 13.0. The number of aromatic amines is 1. The Labute approximate surface area is 103 Å². The fourth-order valence-corrected chi connectivity index (χ4v) is 1.46. The van der Waals surface area contributed by atoms with Gasteiger partial charge in [0.05, 0.1) is 17.6 Å². The summed E-state index contributed by atoms with van der Waals surface area (Å²) >= 11 is 0. The molecule has 2 rings (SSSR count). The van der Waals surface area contributed by atoms with Crippen molar-refractivity contribution in [3.05, 3.63) is 41.7 Å². The van der Waals surface area contributed by atoms with Gasteiger partial charge in [0.25, 0.3) is 5.91 Å². The van der Waals surface area contributed by atoms with E-state index in [1.54, 1.807) is 31.2 Å². The predicted molar refractivity (Wildman–Crippen MR) is 64.8 cm³/mol. The zero-order valence-corrected chi connectivity index (χ0v) is 9.58. The maximum atomic E-state index is 11.8. The number of hydrogen-bond donors (Lipinski definition) is 3. The number of aromatic nitrogens is 3. The van der Waals surface area contributed by atoms with Crippen LogP contribution in [0.25, 0.3) is 0 Å². The number of nitrogens with one attached hydrogen (secondary N) is 2. The number of carbonyl (C=O) groups is 1. The zero-order valence-electron chi connectivity index (χ0n) is 9.58. The largest absolute Gasteiger partial charge is 0.411 e. The lowest BCUT2D eigenvalue weighted by molar-refractivity contribution is 0.102. The molecule has 7 heteroatoms. The van der Waals surface area contributed by atoms with Gasteiger partial charge < -0.3 is 10.5 Å². The van der Waals surface area contributed by atoms with Gasteiger partial charge in [0, 0.05) is 5.56 Å². The van der Waals surface area contributed by atoms with Crippen molar-refractivity contribution >= 4 is 17.3 Å². The van der Waals surface area contributed by atoms with Crippen LogP contribution in [0.1, 0.15) is 23.0 Å². The standard InChI is InChI=1S/C11H11N5O2/c1-7(15-18)8-4-2-3-5-9(8)13-11(17)10-6-12-16-14-10/h2-6,18H,1H3,(H,13,17)(H,12,14,16). The van der Waals surface area contributed by atoms with Crippen LogP contribution < -0.4 is 5.32 Å². The summed E-state index contributed by atoms with van der Waals surface area (Å²) in [6.07, 6.45) is 1.32. The van der Waals surface area contributed by atoms with Crippen molar-refractivity contribution in [2.45, 2.75) is 6.92 Å². The molecular weight excluding hydrogens is 234 g/mol. The Balaban J connectivity index is 2.27. The number of amides is 1. The van der Waals surface area contributed by atoms with E-state index in [0.29, 0.717) is 17.0 Å². The third kappa shape index (κ3) is 2.34. The number of benzene rings is 1. The number of H-pyrrole nitrogens is 1. The first kappa shape index (κ1) is 11.8. The SMILES string of the molecule is CC(=NO)c1ccccc1NC(=O)c1cn[nH]n1. The lowest BCUT2D eigenvalue weighted by Crippen LogP contribution is -2.14. The molecule has 3 N–H and O–H groups in total. The molecule has 0 saturated carbocycles. The van der Waals surface area contributed by atoms with E-state index in [4.69, 9.17) is 5.21 Å². The molecule has 0 unspecified atom stereocenters. The van der Waals surface area contributed by atoms with E-state index in [1.165, 1.54) is 6.20 Å². The molecule has 18 heavy (non-hydrogen) atoms. The molecule has 0 radical (unpaired) electrons. The highest BCUT2D eigenvalue weighted by molar-refractivity contribution is 6.09. The Kier molecular flexibility index (Phi) is 3.33. The Hall–Kier alpha value is -2.70. The molecule has 0 aliphatic carbocycles. The van der Waals surface area contributed by atoms with Crippen molar-refractivity contribution in [2.24, 2.45) is 5.16 Å². The van der Waals surface area contributed by atoms with Crippen LogP contribution in [-0.4, -0.2) is 32.2 Å². The molecule has 0 aliphatic heterocycles. The maximum Gasteiger partial charge on any atom is 0.277 e. The summed E-state index contributed by atoms with van der Waals surface area (Å²) < 4.78 is 0. The van der Waals surface area contributed by atoms with E-state index >= 15 is 0 Å². The average molecular weight is 245 g/mol. The van der Waals surface area contributed by atoms with Gasteiger partial charge in [-0.2, -0.15) is 15.4 Å². The Morgan fingerprint density at radius 3 is 2.89 bits per heavy atom. The first-order valence-corrected chi connectivity index (χ1v) is 5.17. The molecule has 7 nitrogen and oxygen atoms in total. The molecule has 1 heterocycles. The number of rotatable bonds is 3. The lowest BCUT2D eigenvalue weighted by atomic mass is 10.1. The van der Waals surface area contributed by atoms with Crippen molar-refractivity contribution in [3.63, 3.8) is 0 Å². The molecule has 0 aliphatic rings. The van der Waals surface area contributed by atoms with Gasteiger partial charge in [-0.3, -0.25) is 4.79 Å². The highest BCUT2D eigenvalue weighted by Gasteiger charge is 2.12. The molecule has 92 valence electrons. The first-order valence-electron chi connectivity index (χ1n) is 5.17. The van der Waals surface area contributed by atoms with E-state index in [2.05, 4.69) is 25.9 Å². The van der Waals surface area contributed by atoms with Crippen LogP contribution in [0.2, 0.25) is 0 Å². The third-order valence-corrected chi connectivity index (χ3v) is 2.36. The van der Waals surface area contributed by atoms with Crippen LogP contribution in [0.5, 0.6) is 0 Å². The molecular formula is C11H11N5O2. The van der Waals surface area contributed by atoms with E-state index in [1.807, 2.05) is 0 Å². The lowest BCUT2D eigenvalue weighted by Gasteiger charge is -2.08. The fraction of sp³-hybridized carbons (Fsp3) is 0.0909. The van der Waals surface area contributed by atoms with Gasteiger partial charge in [-0.1, -0.05) is 23.4 Å². The summed E-state index contributed by atoms with van der Waals surface area (Å²) in [5, 5.41) is 24.2. The van der Waals surface area contributed by atoms with Gasteiger partial charge in [-0.05, 0) is 13.0 Å². The van der Waals surface area contributed by atoms with Crippen LogP contribution in [0.15, 0.2) is 35.6 Å². The smallest absolute Gasteiger partial charge is 0.277 e. The first-order chi connectivity index (χ1) is 8.72. The summed E-state index contributed by atoms with van der Waals surface area (Å²) in [4.78, 5) is 11.8. The van der Waals surface area contributed by atoms with Crippen LogP contribution >= 0.6 is 0 Å². The molecule has 0 atom stereocenters. The van der Waals surface area contributed by atoms with Gasteiger partial charge in [-0.15, -0.1) is 0 Å². The molecule has 0 spiro atoms. The number of carbonyl (C=O) groups excluding carboxylic acids is 1. The summed E-state index contributed by atoms with van der Waals surface area (Å²) in [6.45, 7) is 1.64. The second-order valence-electron chi connectivity index (χ2n) is 3.54. The topological polar surface area (TPSA) is 103 Å². The number of para-hydroxylation sites is 1. The summed E-state index contributed by atoms with van der Waals surface area (Å²) in [5.74, 6) is -0.387. The number of anilines is 1. The molecule has 0 fully saturated rings. The van der Waals surface area contributed by atoms with E-state index in [9.17, 15) is 4.79 Å². The molecule has 0 saturated heterocycles. The summed E-state index contributed by atoms with van der Waals surface area (Å²) in [6, 6.07) is 7.01. The normalized spacial score (nSPS) is 11.3. The van der Waals surface area contributed by atoms with Crippen LogP contribution in [0.4, 0.5) is 5.69 Å². The van der Waals surface area contributed by atoms with E-state index in [0.717, 1.165) is 0 Å². The number of oxime groups is 1. The quantitative estimate of drug-likeness (QED) is 0.430. The maximum absolute atomic E-state index is 11.8. The van der Waals surface area contributed by atoms with Crippen molar-refractivity contribution in [1.29, 1.82) is 0 Å². The molecule has 1 aromatic carbocycles. The molecule has 1 amide bonds. The van der Waals surface area contributed by atoms with Crippen LogP contribution in [-0.2, 0) is 0 Å². The van der Waals surface area contributed by atoms with Crippen molar-refractivity contribution in [2.75, 3.05) is 5.32 Å². The van der Waals surface area contributed by atoms with Gasteiger partial charge >= 0.3 is 0 Å². The average Bonchev–Trinajstić information content (AvgIpc) is 2.92. The predicted octanol–water partition coefficient (Wildman–Crippen LogP) is 1.26. The van der Waals surface area contributed by atoms with Gasteiger partial charge in [0.1, 0.15) is 0 Å². The minimum absolute atomic E-state index is 0.184. The van der Waals surface area contributed by atoms with Gasteiger partial charge in [-0.25, -0.2) is 0 Å². The van der Waals surface area contributed by atoms with Gasteiger partial charge in [0.2, 0.25) is 0 Å². The van der Waals surface area contributed by atoms with E-state index in [-0.39, 0.29) is 11.6 Å². The third-order valence-electron chi connectivity index (χ3n) is 2.36.